The molecule has 0 heteroatoms. The van der Waals surface area contributed by atoms with Gasteiger partial charge in [-0.3, -0.25) is 0 Å². The first kappa shape index (κ1) is 6.90. The number of fused-ring (bicyclic) bond motifs is 1. The Morgan fingerprint density at radius 2 is 2.36 bits per heavy atom. The Hall–Kier alpha value is -0.780. The van der Waals surface area contributed by atoms with Gasteiger partial charge in [0, 0.05) is 0 Å². The molecule has 0 aromatic carbocycles. The Morgan fingerprint density at radius 1 is 1.45 bits per heavy atom. The molecule has 0 saturated heterocycles. The lowest BCUT2D eigenvalue weighted by Crippen LogP contribution is -1.88. The van der Waals surface area contributed by atoms with Crippen molar-refractivity contribution in [1.82, 2.24) is 0 Å². The average Bonchev–Trinajstić information content (AvgIpc) is 2.25. The van der Waals surface area contributed by atoms with Gasteiger partial charge in [-0.25, -0.2) is 0 Å². The first-order chi connectivity index (χ1) is 5.38. The maximum atomic E-state index is 2.38. The fourth-order valence-electron chi connectivity index (χ4n) is 1.96. The third-order valence-electron chi connectivity index (χ3n) is 2.66. The summed E-state index contributed by atoms with van der Waals surface area (Å²) in [6.45, 7) is 2.33. The second kappa shape index (κ2) is 2.69. The zero-order valence-electron chi connectivity index (χ0n) is 7.01. The maximum Gasteiger partial charge on any atom is -0.0160 e. The minimum atomic E-state index is 0.807. The van der Waals surface area contributed by atoms with E-state index >= 15 is 0 Å². The summed E-state index contributed by atoms with van der Waals surface area (Å²) >= 11 is 0. The second-order valence-corrected chi connectivity index (χ2v) is 3.45. The number of rotatable bonds is 0. The quantitative estimate of drug-likeness (QED) is 0.492. The van der Waals surface area contributed by atoms with E-state index in [0.717, 1.165) is 12.3 Å². The minimum Gasteiger partial charge on any atom is -0.0807 e. The zero-order chi connectivity index (χ0) is 7.68. The summed E-state index contributed by atoms with van der Waals surface area (Å²) < 4.78 is 0. The van der Waals surface area contributed by atoms with Gasteiger partial charge in [0.25, 0.3) is 0 Å². The van der Waals surface area contributed by atoms with Gasteiger partial charge in [0.2, 0.25) is 0 Å². The van der Waals surface area contributed by atoms with E-state index in [1.54, 1.807) is 11.1 Å². The minimum absolute atomic E-state index is 0.807. The van der Waals surface area contributed by atoms with Crippen molar-refractivity contribution in [2.24, 2.45) is 5.92 Å². The van der Waals surface area contributed by atoms with Gasteiger partial charge in [-0.15, -0.1) is 0 Å². The van der Waals surface area contributed by atoms with E-state index in [2.05, 4.69) is 31.2 Å². The average molecular weight is 146 g/mol. The largest absolute Gasteiger partial charge is 0.0807 e. The van der Waals surface area contributed by atoms with Crippen LogP contribution in [-0.4, -0.2) is 0 Å². The van der Waals surface area contributed by atoms with E-state index < -0.39 is 0 Å². The fraction of sp³-hybridized carbons (Fsp3) is 0.455. The van der Waals surface area contributed by atoms with Gasteiger partial charge < -0.3 is 0 Å². The molecule has 1 fully saturated rings. The molecular weight excluding hydrogens is 132 g/mol. The monoisotopic (exact) mass is 146 g/mol. The van der Waals surface area contributed by atoms with Crippen molar-refractivity contribution in [3.8, 4) is 0 Å². The van der Waals surface area contributed by atoms with Crippen molar-refractivity contribution >= 4 is 0 Å². The molecule has 0 N–H and O–H groups in total. The molecule has 0 bridgehead atoms. The van der Waals surface area contributed by atoms with Gasteiger partial charge in [0.05, 0.1) is 0 Å². The SMILES string of the molecule is CC1CCC2=CC=CCC=C21. The third kappa shape index (κ3) is 1.18. The molecule has 2 rings (SSSR count). The summed E-state index contributed by atoms with van der Waals surface area (Å²) in [5.74, 6) is 0.807. The summed E-state index contributed by atoms with van der Waals surface area (Å²) in [5, 5.41) is 0. The predicted octanol–water partition coefficient (Wildman–Crippen LogP) is 3.23. The molecule has 0 spiro atoms. The van der Waals surface area contributed by atoms with Crippen LogP contribution in [0.25, 0.3) is 0 Å². The lowest BCUT2D eigenvalue weighted by Gasteiger charge is -2.03. The molecule has 0 aromatic heterocycles. The van der Waals surface area contributed by atoms with Crippen LogP contribution in [0.1, 0.15) is 26.2 Å². The standard InChI is InChI=1S/C11H14/c1-9-7-8-10-5-3-2-4-6-11(9)10/h2-3,5-6,9H,4,7-8H2,1H3. The van der Waals surface area contributed by atoms with Gasteiger partial charge >= 0.3 is 0 Å². The van der Waals surface area contributed by atoms with E-state index in [1.807, 2.05) is 0 Å². The van der Waals surface area contributed by atoms with Crippen molar-refractivity contribution in [2.45, 2.75) is 26.2 Å². The lowest BCUT2D eigenvalue weighted by molar-refractivity contribution is 0.695. The molecule has 2 aliphatic rings. The van der Waals surface area contributed by atoms with E-state index in [0.29, 0.717) is 0 Å². The maximum absolute atomic E-state index is 2.38. The molecule has 0 aliphatic heterocycles. The Labute approximate surface area is 68.3 Å². The third-order valence-corrected chi connectivity index (χ3v) is 2.66. The molecule has 0 radical (unpaired) electrons. The van der Waals surface area contributed by atoms with Gasteiger partial charge in [-0.05, 0) is 36.3 Å². The first-order valence-corrected chi connectivity index (χ1v) is 4.44. The number of hydrogen-bond donors (Lipinski definition) is 0. The van der Waals surface area contributed by atoms with Crippen LogP contribution >= 0.6 is 0 Å². The van der Waals surface area contributed by atoms with E-state index in [-0.39, 0.29) is 0 Å². The van der Waals surface area contributed by atoms with E-state index in [1.165, 1.54) is 12.8 Å². The summed E-state index contributed by atoms with van der Waals surface area (Å²) in [6, 6.07) is 0. The fourth-order valence-corrected chi connectivity index (χ4v) is 1.96. The van der Waals surface area contributed by atoms with Crippen molar-refractivity contribution in [3.05, 3.63) is 35.5 Å². The highest BCUT2D eigenvalue weighted by Gasteiger charge is 2.20. The van der Waals surface area contributed by atoms with Crippen molar-refractivity contribution in [3.63, 3.8) is 0 Å². The molecular formula is C11H14. The van der Waals surface area contributed by atoms with Crippen LogP contribution in [0.4, 0.5) is 0 Å². The molecule has 0 nitrogen and oxygen atoms in total. The van der Waals surface area contributed by atoms with Crippen LogP contribution in [0.3, 0.4) is 0 Å². The molecule has 2 aliphatic carbocycles. The van der Waals surface area contributed by atoms with Crippen molar-refractivity contribution < 1.29 is 0 Å². The Kier molecular flexibility index (Phi) is 1.69. The summed E-state index contributed by atoms with van der Waals surface area (Å²) in [5.41, 5.74) is 3.18. The first-order valence-electron chi connectivity index (χ1n) is 4.44. The van der Waals surface area contributed by atoms with Crippen LogP contribution in [0.15, 0.2) is 35.5 Å². The van der Waals surface area contributed by atoms with Crippen LogP contribution in [-0.2, 0) is 0 Å². The highest BCUT2D eigenvalue weighted by atomic mass is 14.3. The van der Waals surface area contributed by atoms with E-state index in [4.69, 9.17) is 0 Å². The number of allylic oxidation sites excluding steroid dienone is 6. The molecule has 11 heavy (non-hydrogen) atoms. The van der Waals surface area contributed by atoms with Gasteiger partial charge in [-0.1, -0.05) is 31.2 Å². The highest BCUT2D eigenvalue weighted by Crippen LogP contribution is 2.36. The van der Waals surface area contributed by atoms with Gasteiger partial charge in [-0.2, -0.15) is 0 Å². The van der Waals surface area contributed by atoms with E-state index in [9.17, 15) is 0 Å². The van der Waals surface area contributed by atoms with Crippen LogP contribution in [0, 0.1) is 5.92 Å². The molecule has 1 atom stereocenters. The van der Waals surface area contributed by atoms with Crippen LogP contribution in [0.5, 0.6) is 0 Å². The Balaban J connectivity index is 2.35. The molecule has 0 aromatic rings. The zero-order valence-corrected chi connectivity index (χ0v) is 7.01. The van der Waals surface area contributed by atoms with Crippen LogP contribution < -0.4 is 0 Å². The number of hydrogen-bond acceptors (Lipinski definition) is 0. The smallest absolute Gasteiger partial charge is 0.0160 e. The Bertz CT molecular complexity index is 241. The summed E-state index contributed by atoms with van der Waals surface area (Å²) in [7, 11) is 0. The molecule has 58 valence electrons. The molecule has 1 unspecified atom stereocenters. The molecule has 0 heterocycles. The second-order valence-electron chi connectivity index (χ2n) is 3.45. The lowest BCUT2D eigenvalue weighted by atomic mass is 10.0. The summed E-state index contributed by atoms with van der Waals surface area (Å²) in [4.78, 5) is 0. The topological polar surface area (TPSA) is 0 Å². The Morgan fingerprint density at radius 3 is 3.27 bits per heavy atom. The highest BCUT2D eigenvalue weighted by molar-refractivity contribution is 5.41. The van der Waals surface area contributed by atoms with Gasteiger partial charge in [0.1, 0.15) is 0 Å². The predicted molar refractivity (Wildman–Crippen MR) is 48.3 cm³/mol. The van der Waals surface area contributed by atoms with Crippen molar-refractivity contribution in [1.29, 1.82) is 0 Å². The van der Waals surface area contributed by atoms with Gasteiger partial charge in [0.15, 0.2) is 0 Å². The summed E-state index contributed by atoms with van der Waals surface area (Å²) in [6.07, 6.45) is 12.8. The normalized spacial score (nSPS) is 29.0. The molecule has 1 saturated carbocycles. The van der Waals surface area contributed by atoms with Crippen molar-refractivity contribution in [2.75, 3.05) is 0 Å². The van der Waals surface area contributed by atoms with Crippen LogP contribution in [0.2, 0.25) is 0 Å². The molecule has 0 amide bonds.